The van der Waals surface area contributed by atoms with E-state index in [2.05, 4.69) is 5.32 Å². The number of benzene rings is 2. The maximum Gasteiger partial charge on any atom is 0.224 e. The Bertz CT molecular complexity index is 694. The third kappa shape index (κ3) is 5.27. The van der Waals surface area contributed by atoms with Gasteiger partial charge in [-0.05, 0) is 42.5 Å². The lowest BCUT2D eigenvalue weighted by Gasteiger charge is -2.06. The van der Waals surface area contributed by atoms with Gasteiger partial charge in [0.05, 0.1) is 7.11 Å². The van der Waals surface area contributed by atoms with Crippen LogP contribution in [0.1, 0.15) is 23.2 Å². The second-order valence-corrected chi connectivity index (χ2v) is 5.73. The molecule has 1 N–H and O–H groups in total. The molecule has 1 amide bonds. The van der Waals surface area contributed by atoms with Gasteiger partial charge < -0.3 is 10.1 Å². The first-order chi connectivity index (χ1) is 11.0. The van der Waals surface area contributed by atoms with Crippen molar-refractivity contribution in [2.24, 2.45) is 0 Å². The maximum absolute atomic E-state index is 12.0. The molecule has 4 nitrogen and oxygen atoms in total. The zero-order valence-corrected chi connectivity index (χ0v) is 13.9. The van der Waals surface area contributed by atoms with E-state index < -0.39 is 0 Å². The van der Waals surface area contributed by atoms with E-state index >= 15 is 0 Å². The van der Waals surface area contributed by atoms with Gasteiger partial charge in [0.15, 0.2) is 5.78 Å². The number of hydrogen-bond donors (Lipinski definition) is 1. The summed E-state index contributed by atoms with van der Waals surface area (Å²) in [5, 5.41) is 3.53. The van der Waals surface area contributed by atoms with Crippen molar-refractivity contribution in [3.8, 4) is 5.75 Å². The van der Waals surface area contributed by atoms with Gasteiger partial charge in [-0.2, -0.15) is 0 Å². The molecule has 0 saturated carbocycles. The van der Waals surface area contributed by atoms with Crippen LogP contribution in [0.25, 0.3) is 0 Å². The van der Waals surface area contributed by atoms with Crippen LogP contribution in [-0.4, -0.2) is 18.8 Å². The summed E-state index contributed by atoms with van der Waals surface area (Å²) in [6.45, 7) is 0. The molecule has 2 rings (SSSR count). The van der Waals surface area contributed by atoms with Gasteiger partial charge in [0.25, 0.3) is 0 Å². The average molecular weight is 352 g/mol. The molecule has 0 unspecified atom stereocenters. The molecule has 2 aromatic rings. The van der Waals surface area contributed by atoms with E-state index in [1.165, 1.54) is 0 Å². The summed E-state index contributed by atoms with van der Waals surface area (Å²) in [5.41, 5.74) is 1.05. The number of ketones is 1. The van der Waals surface area contributed by atoms with Gasteiger partial charge in [-0.25, -0.2) is 0 Å². The fraction of sp³-hybridized carbons (Fsp3) is 0.176. The normalized spacial score (nSPS) is 10.2. The fourth-order valence-electron chi connectivity index (χ4n) is 2.00. The SMILES string of the molecule is COc1ccc(C(=O)CCC(=O)Nc2cc(Cl)cc(Cl)c2)cc1. The highest BCUT2D eigenvalue weighted by molar-refractivity contribution is 6.35. The van der Waals surface area contributed by atoms with Gasteiger partial charge >= 0.3 is 0 Å². The van der Waals surface area contributed by atoms with E-state index in [9.17, 15) is 9.59 Å². The van der Waals surface area contributed by atoms with Gasteiger partial charge in [-0.15, -0.1) is 0 Å². The summed E-state index contributed by atoms with van der Waals surface area (Å²) in [5.74, 6) is 0.300. The van der Waals surface area contributed by atoms with Crippen LogP contribution in [0.2, 0.25) is 10.0 Å². The van der Waals surface area contributed by atoms with Crippen LogP contribution in [-0.2, 0) is 4.79 Å². The summed E-state index contributed by atoms with van der Waals surface area (Å²) < 4.78 is 5.04. The van der Waals surface area contributed by atoms with E-state index in [0.29, 0.717) is 27.0 Å². The zero-order chi connectivity index (χ0) is 16.8. The van der Waals surface area contributed by atoms with E-state index in [1.807, 2.05) is 0 Å². The van der Waals surface area contributed by atoms with Gasteiger partial charge in [-0.3, -0.25) is 9.59 Å². The average Bonchev–Trinajstić information content (AvgIpc) is 2.51. The first kappa shape index (κ1) is 17.3. The quantitative estimate of drug-likeness (QED) is 0.773. The summed E-state index contributed by atoms with van der Waals surface area (Å²) in [6, 6.07) is 11.5. The van der Waals surface area contributed by atoms with Crippen molar-refractivity contribution in [2.75, 3.05) is 12.4 Å². The molecule has 23 heavy (non-hydrogen) atoms. The van der Waals surface area contributed by atoms with E-state index in [-0.39, 0.29) is 24.5 Å². The van der Waals surface area contributed by atoms with Crippen molar-refractivity contribution in [3.63, 3.8) is 0 Å². The Labute approximate surface area is 144 Å². The van der Waals surface area contributed by atoms with Crippen LogP contribution in [0.4, 0.5) is 5.69 Å². The van der Waals surface area contributed by atoms with Crippen molar-refractivity contribution >= 4 is 40.6 Å². The number of carbonyl (C=O) groups excluding carboxylic acids is 2. The van der Waals surface area contributed by atoms with Crippen molar-refractivity contribution in [1.82, 2.24) is 0 Å². The summed E-state index contributed by atoms with van der Waals surface area (Å²) in [7, 11) is 1.56. The predicted octanol–water partition coefficient (Wildman–Crippen LogP) is 4.60. The number of hydrogen-bond acceptors (Lipinski definition) is 3. The zero-order valence-electron chi connectivity index (χ0n) is 12.4. The Morgan fingerprint density at radius 3 is 2.17 bits per heavy atom. The third-order valence-corrected chi connectivity index (χ3v) is 3.57. The second kappa shape index (κ2) is 7.99. The molecule has 0 aliphatic heterocycles. The number of rotatable bonds is 6. The minimum atomic E-state index is -0.273. The largest absolute Gasteiger partial charge is 0.497 e. The van der Waals surface area contributed by atoms with Crippen LogP contribution in [0.5, 0.6) is 5.75 Å². The number of carbonyl (C=O) groups is 2. The van der Waals surface area contributed by atoms with Crippen LogP contribution < -0.4 is 10.1 Å². The lowest BCUT2D eigenvalue weighted by atomic mass is 10.1. The monoisotopic (exact) mass is 351 g/mol. The lowest BCUT2D eigenvalue weighted by molar-refractivity contribution is -0.116. The van der Waals surface area contributed by atoms with Gasteiger partial charge in [-0.1, -0.05) is 23.2 Å². The molecule has 0 bridgehead atoms. The van der Waals surface area contributed by atoms with Crippen LogP contribution in [0.3, 0.4) is 0 Å². The highest BCUT2D eigenvalue weighted by Crippen LogP contribution is 2.22. The molecular formula is C17H15Cl2NO3. The molecule has 0 aliphatic carbocycles. The molecule has 0 spiro atoms. The van der Waals surface area contributed by atoms with Gasteiger partial charge in [0.1, 0.15) is 5.75 Å². The summed E-state index contributed by atoms with van der Waals surface area (Å²) in [4.78, 5) is 23.9. The molecule has 0 aromatic heterocycles. The summed E-state index contributed by atoms with van der Waals surface area (Å²) in [6.07, 6.45) is 0.196. The minimum Gasteiger partial charge on any atom is -0.497 e. The molecule has 0 heterocycles. The van der Waals surface area contributed by atoms with Crippen LogP contribution in [0.15, 0.2) is 42.5 Å². The number of halogens is 2. The smallest absolute Gasteiger partial charge is 0.224 e. The van der Waals surface area contributed by atoms with E-state index in [4.69, 9.17) is 27.9 Å². The third-order valence-electron chi connectivity index (χ3n) is 3.14. The Morgan fingerprint density at radius 1 is 1.00 bits per heavy atom. The summed E-state index contributed by atoms with van der Waals surface area (Å²) >= 11 is 11.7. The molecule has 0 saturated heterocycles. The molecular weight excluding hydrogens is 337 g/mol. The Balaban J connectivity index is 1.89. The van der Waals surface area contributed by atoms with Crippen LogP contribution >= 0.6 is 23.2 Å². The lowest BCUT2D eigenvalue weighted by Crippen LogP contribution is -2.13. The highest BCUT2D eigenvalue weighted by atomic mass is 35.5. The van der Waals surface area contributed by atoms with Crippen LogP contribution in [0, 0.1) is 0 Å². The number of anilines is 1. The predicted molar refractivity (Wildman–Crippen MR) is 91.7 cm³/mol. The number of nitrogens with one attached hydrogen (secondary N) is 1. The highest BCUT2D eigenvalue weighted by Gasteiger charge is 2.10. The second-order valence-electron chi connectivity index (χ2n) is 4.86. The van der Waals surface area contributed by atoms with Crippen molar-refractivity contribution in [2.45, 2.75) is 12.8 Å². The van der Waals surface area contributed by atoms with E-state index in [1.54, 1.807) is 49.6 Å². The Morgan fingerprint density at radius 2 is 1.61 bits per heavy atom. The van der Waals surface area contributed by atoms with E-state index in [0.717, 1.165) is 0 Å². The molecule has 0 fully saturated rings. The molecule has 0 aliphatic rings. The fourth-order valence-corrected chi connectivity index (χ4v) is 2.52. The minimum absolute atomic E-state index is 0.0784. The van der Waals surface area contributed by atoms with Gasteiger partial charge in [0.2, 0.25) is 5.91 Å². The van der Waals surface area contributed by atoms with Crippen molar-refractivity contribution in [3.05, 3.63) is 58.1 Å². The molecule has 0 radical (unpaired) electrons. The topological polar surface area (TPSA) is 55.4 Å². The Hall–Kier alpha value is -2.04. The molecule has 0 atom stereocenters. The maximum atomic E-state index is 12.0. The molecule has 2 aromatic carbocycles. The standard InChI is InChI=1S/C17H15Cl2NO3/c1-23-15-4-2-11(3-5-15)16(21)6-7-17(22)20-14-9-12(18)8-13(19)10-14/h2-5,8-10H,6-7H2,1H3,(H,20,22). The number of amides is 1. The number of ether oxygens (including phenoxy) is 1. The van der Waals surface area contributed by atoms with Gasteiger partial charge in [0, 0.05) is 34.1 Å². The molecule has 120 valence electrons. The first-order valence-corrected chi connectivity index (χ1v) is 7.67. The van der Waals surface area contributed by atoms with Crippen molar-refractivity contribution in [1.29, 1.82) is 0 Å². The molecule has 6 heteroatoms. The number of methoxy groups -OCH3 is 1. The van der Waals surface area contributed by atoms with Crippen molar-refractivity contribution < 1.29 is 14.3 Å². The number of Topliss-reactive ketones (excluding diaryl/α,β-unsaturated/α-hetero) is 1. The first-order valence-electron chi connectivity index (χ1n) is 6.91. The Kier molecular flexibility index (Phi) is 6.02.